The second-order valence-corrected chi connectivity index (χ2v) is 9.12. The highest BCUT2D eigenvalue weighted by Crippen LogP contribution is 2.65. The van der Waals surface area contributed by atoms with Crippen LogP contribution in [0.15, 0.2) is 42.5 Å². The first-order chi connectivity index (χ1) is 13.7. The average molecular weight is 390 g/mol. The molecule has 0 spiro atoms. The lowest BCUT2D eigenvalue weighted by Crippen LogP contribution is -2.50. The largest absolute Gasteiger partial charge is 0.448 e. The molecule has 5 nitrogen and oxygen atoms in total. The summed E-state index contributed by atoms with van der Waals surface area (Å²) < 4.78 is 8.00. The van der Waals surface area contributed by atoms with Gasteiger partial charge < -0.3 is 14.6 Å². The number of carbonyl (C=O) groups excluding carboxylic acids is 2. The molecule has 3 aromatic rings. The molecule has 0 unspecified atom stereocenters. The Kier molecular flexibility index (Phi) is 3.53. The van der Waals surface area contributed by atoms with E-state index >= 15 is 0 Å². The van der Waals surface area contributed by atoms with E-state index in [2.05, 4.69) is 35.0 Å². The third-order valence-corrected chi connectivity index (χ3v) is 7.80. The zero-order valence-corrected chi connectivity index (χ0v) is 17.3. The number of fused-ring (bicyclic) bond motifs is 5. The third kappa shape index (κ3) is 2.05. The van der Waals surface area contributed by atoms with E-state index in [1.807, 2.05) is 45.0 Å². The average Bonchev–Trinajstić information content (AvgIpc) is 3.18. The Hall–Kier alpha value is -2.82. The van der Waals surface area contributed by atoms with Crippen LogP contribution in [0.1, 0.15) is 40.5 Å². The number of carbonyl (C=O) groups is 2. The van der Waals surface area contributed by atoms with Gasteiger partial charge >= 0.3 is 5.97 Å². The molecule has 2 heterocycles. The van der Waals surface area contributed by atoms with Crippen molar-refractivity contribution in [3.63, 3.8) is 0 Å². The maximum atomic E-state index is 13.4. The van der Waals surface area contributed by atoms with Gasteiger partial charge in [-0.15, -0.1) is 0 Å². The fourth-order valence-electron chi connectivity index (χ4n) is 5.45. The van der Waals surface area contributed by atoms with E-state index < -0.39 is 16.4 Å². The number of anilines is 1. The molecule has 1 aromatic heterocycles. The van der Waals surface area contributed by atoms with E-state index in [1.54, 1.807) is 0 Å². The predicted octanol–water partition coefficient (Wildman–Crippen LogP) is 4.87. The van der Waals surface area contributed by atoms with Gasteiger partial charge in [-0.25, -0.2) is 0 Å². The van der Waals surface area contributed by atoms with Crippen LogP contribution in [0.2, 0.25) is 0 Å². The molecule has 2 aromatic carbocycles. The molecule has 1 amide bonds. The number of benzene rings is 2. The number of para-hydroxylation sites is 1. The molecular weight excluding hydrogens is 364 g/mol. The van der Waals surface area contributed by atoms with Crippen molar-refractivity contribution in [1.29, 1.82) is 0 Å². The summed E-state index contributed by atoms with van der Waals surface area (Å²) >= 11 is 0. The minimum absolute atomic E-state index is 0.226. The molecule has 5 rings (SSSR count). The summed E-state index contributed by atoms with van der Waals surface area (Å²) in [5, 5.41) is 5.33. The second kappa shape index (κ2) is 5.62. The summed E-state index contributed by atoms with van der Waals surface area (Å²) in [6, 6.07) is 14.3. The molecule has 2 atom stereocenters. The van der Waals surface area contributed by atoms with Gasteiger partial charge in [-0.05, 0) is 51.0 Å². The van der Waals surface area contributed by atoms with Crippen molar-refractivity contribution in [2.75, 3.05) is 5.32 Å². The van der Waals surface area contributed by atoms with Crippen molar-refractivity contribution in [2.24, 2.45) is 10.8 Å². The first kappa shape index (κ1) is 18.2. The second-order valence-electron chi connectivity index (χ2n) is 9.12. The van der Waals surface area contributed by atoms with Crippen molar-refractivity contribution in [3.8, 4) is 0 Å². The maximum Gasteiger partial charge on any atom is 0.313 e. The third-order valence-electron chi connectivity index (χ3n) is 7.80. The molecule has 1 saturated carbocycles. The van der Waals surface area contributed by atoms with Crippen LogP contribution in [0, 0.1) is 10.8 Å². The van der Waals surface area contributed by atoms with E-state index in [9.17, 15) is 9.59 Å². The Labute approximate surface area is 170 Å². The monoisotopic (exact) mass is 390 g/mol. The number of ether oxygens (including phenoxy) is 1. The Morgan fingerprint density at radius 3 is 2.45 bits per heavy atom. The van der Waals surface area contributed by atoms with E-state index in [-0.39, 0.29) is 11.9 Å². The topological polar surface area (TPSA) is 60.3 Å². The van der Waals surface area contributed by atoms with Gasteiger partial charge in [0.05, 0.1) is 5.41 Å². The zero-order valence-electron chi connectivity index (χ0n) is 17.3. The summed E-state index contributed by atoms with van der Waals surface area (Å²) in [5.41, 5.74) is 0.788. The van der Waals surface area contributed by atoms with Crippen LogP contribution in [0.3, 0.4) is 0 Å². The number of nitrogens with one attached hydrogen (secondary N) is 1. The first-order valence-corrected chi connectivity index (χ1v) is 10.3. The molecule has 1 saturated heterocycles. The van der Waals surface area contributed by atoms with Crippen molar-refractivity contribution >= 4 is 39.4 Å². The van der Waals surface area contributed by atoms with Crippen molar-refractivity contribution < 1.29 is 14.3 Å². The van der Waals surface area contributed by atoms with Crippen LogP contribution in [0.4, 0.5) is 5.69 Å². The van der Waals surface area contributed by atoms with Crippen molar-refractivity contribution in [2.45, 2.75) is 52.7 Å². The summed E-state index contributed by atoms with van der Waals surface area (Å²) in [6.45, 7) is 8.88. The highest BCUT2D eigenvalue weighted by molar-refractivity contribution is 6.10. The summed E-state index contributed by atoms with van der Waals surface area (Å²) in [6.07, 6.45) is 1.24. The molecule has 0 radical (unpaired) electrons. The lowest BCUT2D eigenvalue weighted by atomic mass is 9.66. The van der Waals surface area contributed by atoms with Gasteiger partial charge in [0.15, 0.2) is 5.60 Å². The summed E-state index contributed by atoms with van der Waals surface area (Å²) in [4.78, 5) is 25.9. The number of esters is 1. The zero-order chi connectivity index (χ0) is 20.6. The molecule has 1 N–H and O–H groups in total. The fraction of sp³-hybridized carbons (Fsp3) is 0.417. The fourth-order valence-corrected chi connectivity index (χ4v) is 5.45. The number of hydrogen-bond donors (Lipinski definition) is 1. The predicted molar refractivity (Wildman–Crippen MR) is 114 cm³/mol. The lowest BCUT2D eigenvalue weighted by molar-refractivity contribution is -0.165. The SMILES string of the molecule is CCn1c2ccccc2c2cc(NC(=O)[C@]34CC[C@@](C)(C(=O)O3)C4(C)C)ccc21. The Bertz CT molecular complexity index is 1190. The molecule has 150 valence electrons. The molecule has 1 aliphatic heterocycles. The molecule has 5 heteroatoms. The van der Waals surface area contributed by atoms with Crippen molar-refractivity contribution in [3.05, 3.63) is 42.5 Å². The lowest BCUT2D eigenvalue weighted by Gasteiger charge is -2.35. The number of aryl methyl sites for hydroxylation is 1. The molecule has 29 heavy (non-hydrogen) atoms. The smallest absolute Gasteiger partial charge is 0.313 e. The van der Waals surface area contributed by atoms with Gasteiger partial charge in [-0.1, -0.05) is 32.0 Å². The number of rotatable bonds is 3. The number of aromatic nitrogens is 1. The minimum Gasteiger partial charge on any atom is -0.448 e. The summed E-state index contributed by atoms with van der Waals surface area (Å²) in [5.74, 6) is -0.485. The molecule has 2 aliphatic rings. The van der Waals surface area contributed by atoms with Gasteiger partial charge in [0.25, 0.3) is 5.91 Å². The van der Waals surface area contributed by atoms with Crippen LogP contribution in [-0.2, 0) is 20.9 Å². The van der Waals surface area contributed by atoms with Gasteiger partial charge in [0.1, 0.15) is 0 Å². The van der Waals surface area contributed by atoms with Gasteiger partial charge in [0.2, 0.25) is 0 Å². The summed E-state index contributed by atoms with van der Waals surface area (Å²) in [7, 11) is 0. The number of amides is 1. The maximum absolute atomic E-state index is 13.4. The van der Waals surface area contributed by atoms with Crippen molar-refractivity contribution in [1.82, 2.24) is 4.57 Å². The number of hydrogen-bond acceptors (Lipinski definition) is 3. The molecule has 1 aliphatic carbocycles. The Morgan fingerprint density at radius 2 is 1.79 bits per heavy atom. The highest BCUT2D eigenvalue weighted by atomic mass is 16.6. The Balaban J connectivity index is 1.55. The van der Waals surface area contributed by atoms with Crippen LogP contribution < -0.4 is 5.32 Å². The van der Waals surface area contributed by atoms with E-state index in [1.165, 1.54) is 10.9 Å². The van der Waals surface area contributed by atoms with E-state index in [0.717, 1.165) is 23.1 Å². The minimum atomic E-state index is -1.11. The van der Waals surface area contributed by atoms with Crippen LogP contribution >= 0.6 is 0 Å². The molecule has 2 fully saturated rings. The molecule has 2 bridgehead atoms. The molecular formula is C24H26N2O3. The first-order valence-electron chi connectivity index (χ1n) is 10.3. The van der Waals surface area contributed by atoms with Gasteiger partial charge in [-0.2, -0.15) is 0 Å². The van der Waals surface area contributed by atoms with E-state index in [4.69, 9.17) is 4.74 Å². The van der Waals surface area contributed by atoms with Crippen LogP contribution in [0.5, 0.6) is 0 Å². The van der Waals surface area contributed by atoms with Gasteiger partial charge in [-0.3, -0.25) is 9.59 Å². The van der Waals surface area contributed by atoms with Crippen LogP contribution in [-0.4, -0.2) is 22.0 Å². The van der Waals surface area contributed by atoms with Gasteiger partial charge in [0, 0.05) is 39.5 Å². The number of nitrogens with zero attached hydrogens (tertiary/aromatic N) is 1. The highest BCUT2D eigenvalue weighted by Gasteiger charge is 2.75. The quantitative estimate of drug-likeness (QED) is 0.649. The standard InChI is InChI=1S/C24H26N2O3/c1-5-26-18-9-7-6-8-16(18)17-14-15(10-11-19(17)26)25-20(27)24-13-12-23(4,21(28)29-24)22(24,2)3/h6-11,14H,5,12-13H2,1-4H3,(H,25,27)/t23-,24-/m0/s1. The Morgan fingerprint density at radius 1 is 1.07 bits per heavy atom. The van der Waals surface area contributed by atoms with E-state index in [0.29, 0.717) is 12.8 Å². The van der Waals surface area contributed by atoms with Crippen LogP contribution in [0.25, 0.3) is 21.8 Å². The normalized spacial score (nSPS) is 27.5.